The number of hydrogen-bond donors (Lipinski definition) is 2. The Labute approximate surface area is 198 Å². The number of benzene rings is 2. The molecule has 0 bridgehead atoms. The van der Waals surface area contributed by atoms with Gasteiger partial charge < -0.3 is 24.7 Å². The van der Waals surface area contributed by atoms with Gasteiger partial charge in [0.15, 0.2) is 11.5 Å². The van der Waals surface area contributed by atoms with E-state index in [9.17, 15) is 9.59 Å². The number of aromatic nitrogens is 1. The Balaban J connectivity index is 1.14. The van der Waals surface area contributed by atoms with Crippen molar-refractivity contribution < 1.29 is 19.1 Å². The first-order chi connectivity index (χ1) is 16.6. The smallest absolute Gasteiger partial charge is 0.267 e. The van der Waals surface area contributed by atoms with Gasteiger partial charge in [-0.25, -0.2) is 0 Å². The van der Waals surface area contributed by atoms with Crippen LogP contribution in [0.15, 0.2) is 47.5 Å². The van der Waals surface area contributed by atoms with Crippen molar-refractivity contribution in [3.05, 3.63) is 53.7 Å². The summed E-state index contributed by atoms with van der Waals surface area (Å²) in [7, 11) is 1.57. The van der Waals surface area contributed by atoms with E-state index in [2.05, 4.69) is 15.3 Å². The standard InChI is InChI=1S/C26H28N4O4/c1-33-23-14-19-21(28-16-18-8-6-11-30(18)26(19)32)15-24(23)34-12-5-4-10-27-25(31)22-13-17-7-2-3-9-20(17)29-22/h2-3,7,9,13-16,18,29H,4-6,8,10-12H2,1H3,(H,27,31)/t18-/m0/s1. The van der Waals surface area contributed by atoms with E-state index in [0.29, 0.717) is 41.6 Å². The maximum absolute atomic E-state index is 13.0. The van der Waals surface area contributed by atoms with E-state index in [4.69, 9.17) is 9.47 Å². The van der Waals surface area contributed by atoms with Crippen LogP contribution in [-0.2, 0) is 0 Å². The molecule has 2 aliphatic rings. The number of unbranched alkanes of at least 4 members (excludes halogenated alkanes) is 1. The van der Waals surface area contributed by atoms with Gasteiger partial charge in [-0.2, -0.15) is 0 Å². The first-order valence-corrected chi connectivity index (χ1v) is 11.7. The highest BCUT2D eigenvalue weighted by Crippen LogP contribution is 2.38. The van der Waals surface area contributed by atoms with E-state index in [-0.39, 0.29) is 17.9 Å². The molecule has 0 aliphatic carbocycles. The second-order valence-corrected chi connectivity index (χ2v) is 8.59. The van der Waals surface area contributed by atoms with Gasteiger partial charge in [0, 0.05) is 36.3 Å². The third kappa shape index (κ3) is 4.35. The van der Waals surface area contributed by atoms with Gasteiger partial charge in [-0.1, -0.05) is 18.2 Å². The first-order valence-electron chi connectivity index (χ1n) is 11.7. The first kappa shape index (κ1) is 22.0. The molecule has 1 fully saturated rings. The highest BCUT2D eigenvalue weighted by atomic mass is 16.5. The van der Waals surface area contributed by atoms with Crippen LogP contribution in [0.1, 0.15) is 46.5 Å². The lowest BCUT2D eigenvalue weighted by atomic mass is 10.1. The average molecular weight is 461 g/mol. The number of para-hydroxylation sites is 1. The predicted octanol–water partition coefficient (Wildman–Crippen LogP) is 4.09. The monoisotopic (exact) mass is 460 g/mol. The highest BCUT2D eigenvalue weighted by molar-refractivity contribution is 6.03. The van der Waals surface area contributed by atoms with Gasteiger partial charge in [0.05, 0.1) is 31.0 Å². The summed E-state index contributed by atoms with van der Waals surface area (Å²) in [6.45, 7) is 1.77. The number of ether oxygens (including phenoxy) is 2. The number of nitrogens with zero attached hydrogens (tertiary/aromatic N) is 2. The van der Waals surface area contributed by atoms with Gasteiger partial charge in [0.1, 0.15) is 5.69 Å². The molecule has 1 atom stereocenters. The molecule has 0 saturated carbocycles. The minimum Gasteiger partial charge on any atom is -0.493 e. The van der Waals surface area contributed by atoms with Gasteiger partial charge in [-0.15, -0.1) is 0 Å². The van der Waals surface area contributed by atoms with Crippen molar-refractivity contribution in [1.29, 1.82) is 0 Å². The zero-order valence-corrected chi connectivity index (χ0v) is 19.2. The van der Waals surface area contributed by atoms with Gasteiger partial charge in [-0.05, 0) is 43.9 Å². The summed E-state index contributed by atoms with van der Waals surface area (Å²) in [6, 6.07) is 13.2. The minimum atomic E-state index is -0.118. The summed E-state index contributed by atoms with van der Waals surface area (Å²) in [5.74, 6) is 0.959. The number of H-pyrrole nitrogens is 1. The number of amides is 2. The number of hydrogen-bond acceptors (Lipinski definition) is 5. The van der Waals surface area contributed by atoms with Gasteiger partial charge in [0.2, 0.25) is 0 Å². The fourth-order valence-corrected chi connectivity index (χ4v) is 4.52. The molecule has 8 nitrogen and oxygen atoms in total. The molecule has 2 amide bonds. The van der Waals surface area contributed by atoms with Crippen molar-refractivity contribution in [2.45, 2.75) is 31.7 Å². The predicted molar refractivity (Wildman–Crippen MR) is 131 cm³/mol. The molecule has 3 aromatic rings. The largest absolute Gasteiger partial charge is 0.493 e. The molecule has 8 heteroatoms. The molecule has 0 unspecified atom stereocenters. The molecular formula is C26H28N4O4. The molecule has 2 aliphatic heterocycles. The van der Waals surface area contributed by atoms with E-state index in [1.54, 1.807) is 19.2 Å². The number of fused-ring (bicyclic) bond motifs is 3. The number of carbonyl (C=O) groups is 2. The Hall–Kier alpha value is -3.81. The van der Waals surface area contributed by atoms with Crippen molar-refractivity contribution in [2.75, 3.05) is 26.8 Å². The van der Waals surface area contributed by atoms with Crippen LogP contribution in [-0.4, -0.2) is 60.8 Å². The summed E-state index contributed by atoms with van der Waals surface area (Å²) < 4.78 is 11.4. The molecule has 1 aromatic heterocycles. The molecule has 5 rings (SSSR count). The summed E-state index contributed by atoms with van der Waals surface area (Å²) >= 11 is 0. The molecule has 2 aromatic carbocycles. The van der Waals surface area contributed by atoms with Crippen LogP contribution in [0.5, 0.6) is 11.5 Å². The van der Waals surface area contributed by atoms with Crippen LogP contribution >= 0.6 is 0 Å². The quantitative estimate of drug-likeness (QED) is 0.495. The Bertz CT molecular complexity index is 1220. The maximum atomic E-state index is 13.0. The number of aliphatic imine (C=N–C) groups is 1. The van der Waals surface area contributed by atoms with E-state index in [1.165, 1.54) is 0 Å². The van der Waals surface area contributed by atoms with E-state index in [0.717, 1.165) is 43.1 Å². The Morgan fingerprint density at radius 2 is 2.09 bits per heavy atom. The lowest BCUT2D eigenvalue weighted by Gasteiger charge is -2.20. The maximum Gasteiger partial charge on any atom is 0.267 e. The number of methoxy groups -OCH3 is 1. The van der Waals surface area contributed by atoms with Crippen LogP contribution < -0.4 is 14.8 Å². The van der Waals surface area contributed by atoms with Crippen LogP contribution in [0.4, 0.5) is 5.69 Å². The Kier molecular flexibility index (Phi) is 6.20. The van der Waals surface area contributed by atoms with Gasteiger partial charge in [-0.3, -0.25) is 14.6 Å². The lowest BCUT2D eigenvalue weighted by molar-refractivity contribution is 0.0774. The summed E-state index contributed by atoms with van der Waals surface area (Å²) in [5.41, 5.74) is 2.66. The van der Waals surface area contributed by atoms with E-state index >= 15 is 0 Å². The second-order valence-electron chi connectivity index (χ2n) is 8.59. The number of nitrogens with one attached hydrogen (secondary N) is 2. The van der Waals surface area contributed by atoms with E-state index < -0.39 is 0 Å². The van der Waals surface area contributed by atoms with Crippen LogP contribution in [0.2, 0.25) is 0 Å². The Morgan fingerprint density at radius 1 is 1.21 bits per heavy atom. The van der Waals surface area contributed by atoms with Gasteiger partial charge in [0.25, 0.3) is 11.8 Å². The third-order valence-corrected chi connectivity index (χ3v) is 6.35. The molecule has 0 spiro atoms. The SMILES string of the molecule is COc1cc2c(cc1OCCCCNC(=O)c1cc3ccccc3[nH]1)N=C[C@@H]1CCCN1C2=O. The molecular weight excluding hydrogens is 432 g/mol. The number of rotatable bonds is 8. The number of aromatic amines is 1. The molecule has 1 saturated heterocycles. The van der Waals surface area contributed by atoms with Crippen molar-refractivity contribution in [2.24, 2.45) is 4.99 Å². The average Bonchev–Trinajstić information content (AvgIpc) is 3.48. The topological polar surface area (TPSA) is 96.0 Å². The normalized spacial score (nSPS) is 16.8. The van der Waals surface area contributed by atoms with Crippen molar-refractivity contribution in [3.8, 4) is 11.5 Å². The second kappa shape index (κ2) is 9.59. The van der Waals surface area contributed by atoms with Crippen LogP contribution in [0.3, 0.4) is 0 Å². The highest BCUT2D eigenvalue weighted by Gasteiger charge is 2.32. The van der Waals surface area contributed by atoms with Crippen molar-refractivity contribution in [1.82, 2.24) is 15.2 Å². The van der Waals surface area contributed by atoms with Crippen LogP contribution in [0.25, 0.3) is 10.9 Å². The summed E-state index contributed by atoms with van der Waals surface area (Å²) in [4.78, 5) is 34.9. The fraction of sp³-hybridized carbons (Fsp3) is 0.346. The molecule has 3 heterocycles. The zero-order chi connectivity index (χ0) is 23.5. The molecule has 0 radical (unpaired) electrons. The minimum absolute atomic E-state index is 0.00875. The Morgan fingerprint density at radius 3 is 2.94 bits per heavy atom. The van der Waals surface area contributed by atoms with Crippen molar-refractivity contribution in [3.63, 3.8) is 0 Å². The fourth-order valence-electron chi connectivity index (χ4n) is 4.52. The van der Waals surface area contributed by atoms with E-state index in [1.807, 2.05) is 41.4 Å². The summed E-state index contributed by atoms with van der Waals surface area (Å²) in [5, 5.41) is 3.96. The molecule has 176 valence electrons. The zero-order valence-electron chi connectivity index (χ0n) is 19.2. The lowest BCUT2D eigenvalue weighted by Crippen LogP contribution is -2.35. The summed E-state index contributed by atoms with van der Waals surface area (Å²) in [6.07, 6.45) is 5.33. The van der Waals surface area contributed by atoms with Crippen molar-refractivity contribution >= 4 is 34.6 Å². The van der Waals surface area contributed by atoms with Crippen LogP contribution in [0, 0.1) is 0 Å². The number of carbonyl (C=O) groups excluding carboxylic acids is 2. The molecule has 34 heavy (non-hydrogen) atoms. The van der Waals surface area contributed by atoms with Gasteiger partial charge >= 0.3 is 0 Å². The molecule has 2 N–H and O–H groups in total. The third-order valence-electron chi connectivity index (χ3n) is 6.35.